The van der Waals surface area contributed by atoms with Gasteiger partial charge in [-0.05, 0) is 148 Å². The highest BCUT2D eigenvalue weighted by atomic mass is 32.2. The monoisotopic (exact) mass is 887 g/mol. The standard InChI is InChI=1S/C49H82O8SSi2/c1-34(23-21-28-47(11,12)55-37(4)51)41-26-27-43-48(41,13)29-22-30-49(43,58(52,53)40-24-19-18-20-25-40)44(54-36(3)50)32-38-31-39(56-59(14,15)45(5,6)7)33-42(35(38)2)57-60(16,17)46(8,9)10/h18-20,24-25,32,34,39,41-44H,2,21-23,26-31,33H2,1,3-17H3/t34-,39?,41-,42-,43-,44?,48-,49?/m0/s1. The van der Waals surface area contributed by atoms with Gasteiger partial charge in [0, 0.05) is 20.3 Å². The number of hydrogen-bond acceptors (Lipinski definition) is 8. The smallest absolute Gasteiger partial charge is 0.303 e. The predicted octanol–water partition coefficient (Wildman–Crippen LogP) is 12.6. The molecule has 3 aliphatic rings. The molecule has 3 aliphatic carbocycles. The summed E-state index contributed by atoms with van der Waals surface area (Å²) in [5.74, 6) is -0.470. The van der Waals surface area contributed by atoms with Gasteiger partial charge in [0.2, 0.25) is 0 Å². The molecule has 0 saturated heterocycles. The van der Waals surface area contributed by atoms with Crippen LogP contribution in [0.5, 0.6) is 0 Å². The number of carbonyl (C=O) groups excluding carboxylic acids is 2. The van der Waals surface area contributed by atoms with E-state index in [1.54, 1.807) is 24.3 Å². The Morgan fingerprint density at radius 3 is 2.03 bits per heavy atom. The molecule has 3 fully saturated rings. The van der Waals surface area contributed by atoms with Crippen LogP contribution in [0, 0.1) is 23.2 Å². The molecule has 0 radical (unpaired) electrons. The van der Waals surface area contributed by atoms with Crippen molar-refractivity contribution in [3.63, 3.8) is 0 Å². The minimum atomic E-state index is -4.10. The lowest BCUT2D eigenvalue weighted by molar-refractivity contribution is -0.154. The molecule has 0 aromatic heterocycles. The van der Waals surface area contributed by atoms with Crippen molar-refractivity contribution < 1.29 is 36.3 Å². The molecule has 60 heavy (non-hydrogen) atoms. The van der Waals surface area contributed by atoms with Gasteiger partial charge in [0.25, 0.3) is 0 Å². The summed E-state index contributed by atoms with van der Waals surface area (Å²) in [6.45, 7) is 38.6. The summed E-state index contributed by atoms with van der Waals surface area (Å²) >= 11 is 0. The minimum absolute atomic E-state index is 0.0174. The van der Waals surface area contributed by atoms with E-state index in [4.69, 9.17) is 18.3 Å². The van der Waals surface area contributed by atoms with Crippen LogP contribution in [0.25, 0.3) is 0 Å². The number of ether oxygens (including phenoxy) is 2. The largest absolute Gasteiger partial charge is 0.460 e. The molecule has 0 spiro atoms. The van der Waals surface area contributed by atoms with E-state index in [0.29, 0.717) is 38.0 Å². The van der Waals surface area contributed by atoms with Crippen LogP contribution in [-0.4, -0.2) is 65.7 Å². The van der Waals surface area contributed by atoms with Gasteiger partial charge in [0.1, 0.15) is 16.5 Å². The second-order valence-corrected chi connectivity index (χ2v) is 34.4. The second-order valence-electron chi connectivity index (χ2n) is 22.6. The summed E-state index contributed by atoms with van der Waals surface area (Å²) in [5.41, 5.74) is 0.822. The fraction of sp³-hybridized carbons (Fsp3) is 0.755. The zero-order chi connectivity index (χ0) is 45.5. The highest BCUT2D eigenvalue weighted by molar-refractivity contribution is 7.93. The van der Waals surface area contributed by atoms with Crippen LogP contribution in [0.3, 0.4) is 0 Å². The zero-order valence-electron chi connectivity index (χ0n) is 40.4. The van der Waals surface area contributed by atoms with E-state index < -0.39 is 48.9 Å². The fourth-order valence-electron chi connectivity index (χ4n) is 10.6. The molecule has 0 heterocycles. The first-order valence-corrected chi connectivity index (χ1v) is 30.0. The molecule has 8 atom stereocenters. The van der Waals surface area contributed by atoms with Crippen molar-refractivity contribution in [2.75, 3.05) is 0 Å². The third-order valence-electron chi connectivity index (χ3n) is 15.7. The Morgan fingerprint density at radius 1 is 0.900 bits per heavy atom. The van der Waals surface area contributed by atoms with Crippen molar-refractivity contribution in [3.05, 3.63) is 54.1 Å². The molecule has 3 saturated carbocycles. The molecule has 0 amide bonds. The van der Waals surface area contributed by atoms with Crippen LogP contribution in [0.15, 0.2) is 59.0 Å². The molecule has 1 aromatic rings. The molecular weight excluding hydrogens is 805 g/mol. The van der Waals surface area contributed by atoms with Crippen molar-refractivity contribution in [2.45, 2.75) is 217 Å². The molecule has 340 valence electrons. The first-order valence-electron chi connectivity index (χ1n) is 22.7. The van der Waals surface area contributed by atoms with Crippen LogP contribution in [0.4, 0.5) is 0 Å². The topological polar surface area (TPSA) is 105 Å². The number of sulfone groups is 1. The van der Waals surface area contributed by atoms with Crippen LogP contribution in [-0.2, 0) is 37.8 Å². The fourth-order valence-corrected chi connectivity index (χ4v) is 15.8. The average molecular weight is 887 g/mol. The van der Waals surface area contributed by atoms with Gasteiger partial charge in [-0.15, -0.1) is 0 Å². The van der Waals surface area contributed by atoms with Crippen LogP contribution in [0.2, 0.25) is 36.3 Å². The van der Waals surface area contributed by atoms with Crippen molar-refractivity contribution in [1.29, 1.82) is 0 Å². The number of benzene rings is 1. The van der Waals surface area contributed by atoms with Crippen molar-refractivity contribution >= 4 is 38.4 Å². The molecular formula is C49H82O8SSi2. The van der Waals surface area contributed by atoms with Crippen LogP contribution >= 0.6 is 0 Å². The van der Waals surface area contributed by atoms with Gasteiger partial charge in [-0.1, -0.05) is 93.0 Å². The molecule has 4 rings (SSSR count). The van der Waals surface area contributed by atoms with Gasteiger partial charge in [-0.25, -0.2) is 8.42 Å². The quantitative estimate of drug-likeness (QED) is 0.127. The summed E-state index contributed by atoms with van der Waals surface area (Å²) in [6.07, 6.45) is 7.80. The number of rotatable bonds is 15. The summed E-state index contributed by atoms with van der Waals surface area (Å²) in [4.78, 5) is 25.4. The van der Waals surface area contributed by atoms with Crippen molar-refractivity contribution in [3.8, 4) is 0 Å². The third-order valence-corrected chi connectivity index (χ3v) is 27.4. The predicted molar refractivity (Wildman–Crippen MR) is 250 cm³/mol. The molecule has 8 nitrogen and oxygen atoms in total. The Kier molecular flexibility index (Phi) is 15.3. The number of hydrogen-bond donors (Lipinski definition) is 0. The van der Waals surface area contributed by atoms with Gasteiger partial charge >= 0.3 is 11.9 Å². The van der Waals surface area contributed by atoms with Gasteiger partial charge < -0.3 is 18.3 Å². The molecule has 0 N–H and O–H groups in total. The van der Waals surface area contributed by atoms with Crippen LogP contribution < -0.4 is 0 Å². The van der Waals surface area contributed by atoms with Gasteiger partial charge in [-0.3, -0.25) is 9.59 Å². The average Bonchev–Trinajstić information content (AvgIpc) is 3.45. The van der Waals surface area contributed by atoms with Crippen molar-refractivity contribution in [1.82, 2.24) is 0 Å². The second kappa shape index (κ2) is 18.2. The summed E-state index contributed by atoms with van der Waals surface area (Å²) < 4.78 is 56.6. The lowest BCUT2D eigenvalue weighted by atomic mass is 9.57. The first-order chi connectivity index (χ1) is 27.3. The summed E-state index contributed by atoms with van der Waals surface area (Å²) in [7, 11) is -8.62. The Morgan fingerprint density at radius 2 is 1.48 bits per heavy atom. The highest BCUT2D eigenvalue weighted by Crippen LogP contribution is 2.65. The zero-order valence-corrected chi connectivity index (χ0v) is 43.2. The molecule has 0 bridgehead atoms. The van der Waals surface area contributed by atoms with E-state index in [1.165, 1.54) is 13.8 Å². The maximum Gasteiger partial charge on any atom is 0.303 e. The van der Waals surface area contributed by atoms with Gasteiger partial charge in [0.15, 0.2) is 26.5 Å². The summed E-state index contributed by atoms with van der Waals surface area (Å²) in [5, 5.41) is -0.0593. The minimum Gasteiger partial charge on any atom is -0.460 e. The SMILES string of the molecule is C=C1C(=CC(OC(C)=O)C2(S(=O)(=O)c3ccccc3)CCC[C@]3(C)[C@@H]2CC[C@H]3[C@@H](C)CCCC(C)(C)OC(C)=O)CC(O[Si](C)(C)C(C)(C)C)C[C@@H]1O[Si](C)(C)C(C)(C)C. The van der Waals surface area contributed by atoms with E-state index in [0.717, 1.165) is 43.3 Å². The number of carbonyl (C=O) groups is 2. The number of fused-ring (bicyclic) bond motifs is 1. The lowest BCUT2D eigenvalue weighted by Crippen LogP contribution is -2.61. The maximum absolute atomic E-state index is 15.8. The van der Waals surface area contributed by atoms with E-state index in [-0.39, 0.29) is 50.4 Å². The first kappa shape index (κ1) is 50.6. The normalized spacial score (nSPS) is 28.9. The van der Waals surface area contributed by atoms with E-state index in [2.05, 4.69) is 88.2 Å². The Balaban J connectivity index is 1.89. The molecule has 0 aliphatic heterocycles. The molecule has 1 aromatic carbocycles. The molecule has 3 unspecified atom stereocenters. The lowest BCUT2D eigenvalue weighted by Gasteiger charge is -2.54. The maximum atomic E-state index is 15.8. The molecule has 11 heteroatoms. The Labute approximate surface area is 367 Å². The van der Waals surface area contributed by atoms with Gasteiger partial charge in [-0.2, -0.15) is 0 Å². The van der Waals surface area contributed by atoms with E-state index in [1.807, 2.05) is 26.0 Å². The Bertz CT molecular complexity index is 1840. The van der Waals surface area contributed by atoms with E-state index >= 15 is 8.42 Å². The van der Waals surface area contributed by atoms with Crippen molar-refractivity contribution in [2.24, 2.45) is 23.2 Å². The third kappa shape index (κ3) is 10.6. The van der Waals surface area contributed by atoms with E-state index in [9.17, 15) is 9.59 Å². The highest BCUT2D eigenvalue weighted by Gasteiger charge is 2.67. The summed E-state index contributed by atoms with van der Waals surface area (Å²) in [6, 6.07) is 8.81. The van der Waals surface area contributed by atoms with Crippen LogP contribution in [0.1, 0.15) is 147 Å². The number of esters is 2. The van der Waals surface area contributed by atoms with Gasteiger partial charge in [0.05, 0.1) is 17.1 Å². The Hall–Kier alpha value is -2.06.